The highest BCUT2D eigenvalue weighted by Crippen LogP contribution is 2.13. The number of rotatable bonds is 47. The standard InChI is InChI=1S/C63H98O6/c1-4-7-10-13-16-19-22-25-28-30-31-33-35-38-41-44-47-50-53-56-62(65)68-59-60(58-67-61(64)55-52-49-46-43-40-37-34-27-24-21-18-15-12-9-6-3)69-63(66)57-54-51-48-45-42-39-36-32-29-26-23-20-17-14-11-8-5-2/h7,9-10,12,16,18-19,21,25-29,31,33-34,38,40-41,43,47,49-50,52,60H,4-6,8,11,13-15,17,20,22-24,30,32,35-37,39,42,44-46,48,51,53-59H2,1-3H3/b10-7-,12-9-,19-16-,21-18-,28-25-,29-26-,33-31-,34-27-,41-38-,43-40-,50-47-,52-49-. The van der Waals surface area contributed by atoms with Gasteiger partial charge in [0.2, 0.25) is 0 Å². The molecule has 1 unspecified atom stereocenters. The van der Waals surface area contributed by atoms with Crippen LogP contribution in [0.1, 0.15) is 213 Å². The summed E-state index contributed by atoms with van der Waals surface area (Å²) < 4.78 is 16.6. The average Bonchev–Trinajstić information content (AvgIpc) is 3.35. The van der Waals surface area contributed by atoms with Crippen molar-refractivity contribution in [3.63, 3.8) is 0 Å². The molecule has 69 heavy (non-hydrogen) atoms. The fraction of sp³-hybridized carbons (Fsp3) is 0.571. The van der Waals surface area contributed by atoms with E-state index in [1.54, 1.807) is 6.08 Å². The topological polar surface area (TPSA) is 78.9 Å². The van der Waals surface area contributed by atoms with Gasteiger partial charge in [-0.15, -0.1) is 0 Å². The Balaban J connectivity index is 4.64. The normalized spacial score (nSPS) is 13.3. The minimum absolute atomic E-state index is 0.107. The number of esters is 3. The highest BCUT2D eigenvalue weighted by Gasteiger charge is 2.19. The first-order chi connectivity index (χ1) is 34.0. The van der Waals surface area contributed by atoms with Crippen molar-refractivity contribution < 1.29 is 28.6 Å². The molecule has 0 aromatic rings. The summed E-state index contributed by atoms with van der Waals surface area (Å²) in [5.41, 5.74) is 0. The van der Waals surface area contributed by atoms with E-state index >= 15 is 0 Å². The van der Waals surface area contributed by atoms with Crippen molar-refractivity contribution in [1.82, 2.24) is 0 Å². The number of carbonyl (C=O) groups is 3. The van der Waals surface area contributed by atoms with Gasteiger partial charge in [0.25, 0.3) is 0 Å². The largest absolute Gasteiger partial charge is 0.462 e. The van der Waals surface area contributed by atoms with Crippen molar-refractivity contribution >= 4 is 17.9 Å². The average molecular weight is 951 g/mol. The number of allylic oxidation sites excluding steroid dienone is 23. The number of ether oxygens (including phenoxy) is 3. The second-order valence-electron chi connectivity index (χ2n) is 17.4. The van der Waals surface area contributed by atoms with E-state index in [0.717, 1.165) is 89.9 Å². The molecule has 0 aromatic heterocycles. The predicted molar refractivity (Wildman–Crippen MR) is 297 cm³/mol. The molecule has 0 aliphatic rings. The lowest BCUT2D eigenvalue weighted by Crippen LogP contribution is -2.30. The smallest absolute Gasteiger partial charge is 0.309 e. The fourth-order valence-electron chi connectivity index (χ4n) is 6.83. The summed E-state index contributed by atoms with van der Waals surface area (Å²) in [6.45, 7) is 6.23. The molecule has 0 saturated heterocycles. The third-order valence-corrected chi connectivity index (χ3v) is 10.9. The van der Waals surface area contributed by atoms with Crippen LogP contribution < -0.4 is 0 Å². The lowest BCUT2D eigenvalue weighted by atomic mass is 10.1. The van der Waals surface area contributed by atoms with Crippen LogP contribution in [0.15, 0.2) is 146 Å². The Morgan fingerprint density at radius 1 is 0.319 bits per heavy atom. The Bertz CT molecular complexity index is 1560. The predicted octanol–water partition coefficient (Wildman–Crippen LogP) is 18.4. The van der Waals surface area contributed by atoms with Crippen LogP contribution >= 0.6 is 0 Å². The molecule has 0 aliphatic heterocycles. The molecule has 0 radical (unpaired) electrons. The summed E-state index contributed by atoms with van der Waals surface area (Å²) in [6, 6.07) is 0. The van der Waals surface area contributed by atoms with Gasteiger partial charge in [-0.3, -0.25) is 14.4 Å². The van der Waals surface area contributed by atoms with E-state index in [0.29, 0.717) is 6.42 Å². The molecule has 0 amide bonds. The van der Waals surface area contributed by atoms with E-state index in [9.17, 15) is 14.4 Å². The van der Waals surface area contributed by atoms with Gasteiger partial charge in [-0.2, -0.15) is 0 Å². The van der Waals surface area contributed by atoms with Crippen LogP contribution in [-0.2, 0) is 28.6 Å². The van der Waals surface area contributed by atoms with Crippen LogP contribution in [0.25, 0.3) is 0 Å². The van der Waals surface area contributed by atoms with Crippen molar-refractivity contribution in [1.29, 1.82) is 0 Å². The molecule has 1 atom stereocenters. The van der Waals surface area contributed by atoms with Gasteiger partial charge in [0.15, 0.2) is 6.10 Å². The molecular formula is C63H98O6. The summed E-state index contributed by atoms with van der Waals surface area (Å²) in [7, 11) is 0. The van der Waals surface area contributed by atoms with Gasteiger partial charge >= 0.3 is 17.9 Å². The molecule has 0 heterocycles. The molecular weight excluding hydrogens is 853 g/mol. The summed E-state index contributed by atoms with van der Waals surface area (Å²) in [5.74, 6) is -1.17. The summed E-state index contributed by atoms with van der Waals surface area (Å²) >= 11 is 0. The van der Waals surface area contributed by atoms with Crippen LogP contribution in [-0.4, -0.2) is 37.2 Å². The zero-order valence-electron chi connectivity index (χ0n) is 44.0. The third kappa shape index (κ3) is 54.1. The Hall–Kier alpha value is -4.71. The molecule has 0 aliphatic carbocycles. The molecule has 0 fully saturated rings. The molecule has 0 saturated carbocycles. The maximum atomic E-state index is 12.8. The molecule has 0 bridgehead atoms. The van der Waals surface area contributed by atoms with Crippen LogP contribution in [0.5, 0.6) is 0 Å². The molecule has 0 rings (SSSR count). The van der Waals surface area contributed by atoms with Crippen LogP contribution in [0.3, 0.4) is 0 Å². The van der Waals surface area contributed by atoms with Crippen molar-refractivity contribution in [3.05, 3.63) is 146 Å². The van der Waals surface area contributed by atoms with E-state index in [2.05, 4.69) is 142 Å². The Morgan fingerprint density at radius 2 is 0.652 bits per heavy atom. The number of hydrogen-bond donors (Lipinski definition) is 0. The summed E-state index contributed by atoms with van der Waals surface area (Å²) in [4.78, 5) is 38.0. The van der Waals surface area contributed by atoms with E-state index in [-0.39, 0.29) is 44.4 Å². The van der Waals surface area contributed by atoms with E-state index in [1.165, 1.54) is 77.0 Å². The van der Waals surface area contributed by atoms with Gasteiger partial charge in [-0.25, -0.2) is 0 Å². The number of hydrogen-bond acceptors (Lipinski definition) is 6. The SMILES string of the molecule is CC/C=C\C/C=C\C/C=C\C/C=C\C/C=C\C/C=C\CCC(=O)OCC(COC(=O)C/C=C\C/C=C\C/C=C\C/C=C\C/C=C\CC)OC(=O)CCCCCCCCC/C=C\CCCCCCCC. The number of unbranched alkanes of at least 4 members (excludes halogenated alkanes) is 13. The summed E-state index contributed by atoms with van der Waals surface area (Å²) in [6.07, 6.45) is 80.1. The van der Waals surface area contributed by atoms with E-state index < -0.39 is 12.1 Å². The van der Waals surface area contributed by atoms with Gasteiger partial charge in [0, 0.05) is 12.8 Å². The molecule has 6 heteroatoms. The molecule has 0 spiro atoms. The summed E-state index contributed by atoms with van der Waals surface area (Å²) in [5, 5.41) is 0. The molecule has 386 valence electrons. The van der Waals surface area contributed by atoms with Gasteiger partial charge in [-0.05, 0) is 109 Å². The fourth-order valence-corrected chi connectivity index (χ4v) is 6.83. The van der Waals surface area contributed by atoms with Crippen molar-refractivity contribution in [3.8, 4) is 0 Å². The highest BCUT2D eigenvalue weighted by molar-refractivity contribution is 5.72. The second kappa shape index (κ2) is 55.9. The minimum atomic E-state index is -0.857. The second-order valence-corrected chi connectivity index (χ2v) is 17.4. The lowest BCUT2D eigenvalue weighted by Gasteiger charge is -2.18. The Morgan fingerprint density at radius 3 is 1.07 bits per heavy atom. The van der Waals surface area contributed by atoms with Gasteiger partial charge in [-0.1, -0.05) is 231 Å². The van der Waals surface area contributed by atoms with Crippen molar-refractivity contribution in [2.75, 3.05) is 13.2 Å². The third-order valence-electron chi connectivity index (χ3n) is 10.9. The van der Waals surface area contributed by atoms with Crippen LogP contribution in [0.4, 0.5) is 0 Å². The minimum Gasteiger partial charge on any atom is -0.462 e. The zero-order valence-corrected chi connectivity index (χ0v) is 44.0. The quantitative estimate of drug-likeness (QED) is 0.0262. The lowest BCUT2D eigenvalue weighted by molar-refractivity contribution is -0.166. The maximum Gasteiger partial charge on any atom is 0.309 e. The van der Waals surface area contributed by atoms with Gasteiger partial charge in [0.1, 0.15) is 13.2 Å². The van der Waals surface area contributed by atoms with Crippen molar-refractivity contribution in [2.24, 2.45) is 0 Å². The Labute approximate surface area is 423 Å². The first kappa shape index (κ1) is 64.3. The first-order valence-corrected chi connectivity index (χ1v) is 27.3. The Kier molecular flexibility index (Phi) is 52.1. The highest BCUT2D eigenvalue weighted by atomic mass is 16.6. The van der Waals surface area contributed by atoms with Crippen molar-refractivity contribution in [2.45, 2.75) is 219 Å². The van der Waals surface area contributed by atoms with Crippen LogP contribution in [0.2, 0.25) is 0 Å². The monoisotopic (exact) mass is 951 g/mol. The van der Waals surface area contributed by atoms with E-state index in [4.69, 9.17) is 14.2 Å². The van der Waals surface area contributed by atoms with E-state index in [1.807, 2.05) is 18.2 Å². The first-order valence-electron chi connectivity index (χ1n) is 27.3. The molecule has 0 N–H and O–H groups in total. The molecule has 6 nitrogen and oxygen atoms in total. The maximum absolute atomic E-state index is 12.8. The zero-order chi connectivity index (χ0) is 50.0. The molecule has 0 aromatic carbocycles. The van der Waals surface area contributed by atoms with Crippen LogP contribution in [0, 0.1) is 0 Å². The number of carbonyl (C=O) groups excluding carboxylic acids is 3. The van der Waals surface area contributed by atoms with Gasteiger partial charge < -0.3 is 14.2 Å². The van der Waals surface area contributed by atoms with Gasteiger partial charge in [0.05, 0.1) is 6.42 Å².